The summed E-state index contributed by atoms with van der Waals surface area (Å²) in [6.45, 7) is 1.49. The molecule has 0 unspecified atom stereocenters. The number of hydrogen-bond acceptors (Lipinski definition) is 3. The lowest BCUT2D eigenvalue weighted by Gasteiger charge is -2.31. The average molecular weight is 338 g/mol. The molecule has 0 spiro atoms. The lowest BCUT2D eigenvalue weighted by molar-refractivity contribution is -0.129. The molecule has 125 valence electrons. The maximum atomic E-state index is 12.3. The largest absolute Gasteiger partial charge is 0.508 e. The van der Waals surface area contributed by atoms with Gasteiger partial charge in [0.25, 0.3) is 0 Å². The van der Waals surface area contributed by atoms with Gasteiger partial charge in [-0.1, -0.05) is 6.07 Å². The summed E-state index contributed by atoms with van der Waals surface area (Å²) in [4.78, 5) is 25.5. The number of amides is 2. The van der Waals surface area contributed by atoms with Gasteiger partial charge < -0.3 is 15.7 Å². The Hall–Kier alpha value is -1.75. The zero-order chi connectivity index (χ0) is 16.8. The molecule has 23 heavy (non-hydrogen) atoms. The first-order valence-electron chi connectivity index (χ1n) is 7.81. The Labute approximate surface area is 141 Å². The number of aromatic hydroxyl groups is 1. The number of benzene rings is 1. The van der Waals surface area contributed by atoms with E-state index in [0.717, 1.165) is 32.4 Å². The van der Waals surface area contributed by atoms with Gasteiger partial charge in [-0.3, -0.25) is 9.59 Å². The van der Waals surface area contributed by atoms with Crippen molar-refractivity contribution in [3.63, 3.8) is 0 Å². The van der Waals surface area contributed by atoms with E-state index in [1.165, 1.54) is 12.1 Å². The number of nitrogens with two attached hydrogens (primary N) is 1. The first kappa shape index (κ1) is 17.6. The minimum atomic E-state index is -0.612. The van der Waals surface area contributed by atoms with Crippen LogP contribution in [0, 0.1) is 12.3 Å². The molecule has 0 aliphatic carbocycles. The van der Waals surface area contributed by atoms with Crippen LogP contribution in [0.15, 0.2) is 18.2 Å². The number of rotatable bonds is 6. The fraction of sp³-hybridized carbons (Fsp3) is 0.471. The molecule has 0 bridgehead atoms. The zero-order valence-corrected chi connectivity index (χ0v) is 13.8. The summed E-state index contributed by atoms with van der Waals surface area (Å²) < 4.78 is 0. The number of piperidine rings is 1. The highest BCUT2D eigenvalue weighted by molar-refractivity contribution is 6.17. The van der Waals surface area contributed by atoms with Crippen molar-refractivity contribution in [1.82, 2.24) is 4.90 Å². The summed E-state index contributed by atoms with van der Waals surface area (Å²) in [5, 5.41) is 9.43. The van der Waals surface area contributed by atoms with Crippen LogP contribution in [0.3, 0.4) is 0 Å². The first-order chi connectivity index (χ1) is 11.0. The number of nitrogens with zero attached hydrogens (tertiary/aromatic N) is 1. The Morgan fingerprint density at radius 2 is 2.04 bits per heavy atom. The standard InChI is InChI=1S/C17H22ClN2O3/c18-8-5-12-6-9-20(10-7-12)16(22)4-2-13-1-3-14(21)11-15(13)17(19)23/h1,3-4,11-12,21H,2,5-10H2,(H2,19,23). The number of carbonyl (C=O) groups is 2. The van der Waals surface area contributed by atoms with Crippen molar-refractivity contribution in [3.8, 4) is 5.75 Å². The summed E-state index contributed by atoms with van der Waals surface area (Å²) >= 11 is 5.76. The lowest BCUT2D eigenvalue weighted by Crippen LogP contribution is -2.39. The number of halogens is 1. The minimum Gasteiger partial charge on any atom is -0.508 e. The van der Waals surface area contributed by atoms with Crippen molar-refractivity contribution in [2.45, 2.75) is 25.7 Å². The van der Waals surface area contributed by atoms with Gasteiger partial charge in [0.15, 0.2) is 0 Å². The lowest BCUT2D eigenvalue weighted by atomic mass is 9.94. The fourth-order valence-corrected chi connectivity index (χ4v) is 3.20. The molecule has 0 saturated carbocycles. The predicted octanol–water partition coefficient (Wildman–Crippen LogP) is 2.11. The monoisotopic (exact) mass is 337 g/mol. The molecule has 0 atom stereocenters. The first-order valence-corrected chi connectivity index (χ1v) is 8.34. The summed E-state index contributed by atoms with van der Waals surface area (Å²) in [6.07, 6.45) is 4.86. The molecule has 2 rings (SSSR count). The van der Waals surface area contributed by atoms with Gasteiger partial charge in [0.2, 0.25) is 11.8 Å². The van der Waals surface area contributed by atoms with Gasteiger partial charge >= 0.3 is 0 Å². The second-order valence-electron chi connectivity index (χ2n) is 5.86. The maximum Gasteiger partial charge on any atom is 0.249 e. The highest BCUT2D eigenvalue weighted by atomic mass is 35.5. The molecule has 5 nitrogen and oxygen atoms in total. The van der Waals surface area contributed by atoms with Gasteiger partial charge in [-0.25, -0.2) is 0 Å². The molecule has 3 N–H and O–H groups in total. The topological polar surface area (TPSA) is 83.6 Å². The van der Waals surface area contributed by atoms with Crippen LogP contribution in [0.4, 0.5) is 0 Å². The number of carbonyl (C=O) groups excluding carboxylic acids is 2. The van der Waals surface area contributed by atoms with Crippen LogP contribution in [-0.2, 0) is 11.2 Å². The summed E-state index contributed by atoms with van der Waals surface area (Å²) in [5.74, 6) is 0.614. The van der Waals surface area contributed by atoms with E-state index in [0.29, 0.717) is 23.8 Å². The molecular formula is C17H22ClN2O3. The third-order valence-corrected chi connectivity index (χ3v) is 4.52. The van der Waals surface area contributed by atoms with E-state index < -0.39 is 5.91 Å². The Bertz CT molecular complexity index is 569. The number of phenolic OH excluding ortho intramolecular Hbond substituents is 1. The van der Waals surface area contributed by atoms with Crippen molar-refractivity contribution in [2.24, 2.45) is 11.7 Å². The molecule has 1 aliphatic heterocycles. The zero-order valence-electron chi connectivity index (χ0n) is 13.0. The van der Waals surface area contributed by atoms with Crippen LogP contribution < -0.4 is 5.73 Å². The predicted molar refractivity (Wildman–Crippen MR) is 89.3 cm³/mol. The molecule has 1 aromatic carbocycles. The van der Waals surface area contributed by atoms with E-state index in [1.807, 2.05) is 4.90 Å². The Morgan fingerprint density at radius 3 is 2.65 bits per heavy atom. The van der Waals surface area contributed by atoms with Crippen molar-refractivity contribution >= 4 is 23.4 Å². The van der Waals surface area contributed by atoms with E-state index in [4.69, 9.17) is 17.3 Å². The molecule has 6 heteroatoms. The third-order valence-electron chi connectivity index (χ3n) is 4.30. The molecule has 1 saturated heterocycles. The summed E-state index contributed by atoms with van der Waals surface area (Å²) in [5.41, 5.74) is 6.19. The van der Waals surface area contributed by atoms with Gasteiger partial charge in [-0.05, 0) is 49.3 Å². The maximum absolute atomic E-state index is 12.3. The molecule has 1 fully saturated rings. The number of hydrogen-bond donors (Lipinski definition) is 2. The highest BCUT2D eigenvalue weighted by Crippen LogP contribution is 2.22. The van der Waals surface area contributed by atoms with E-state index >= 15 is 0 Å². The Kier molecular flexibility index (Phi) is 6.28. The number of likely N-dealkylation sites (tertiary alicyclic amines) is 1. The number of phenols is 1. The normalized spacial score (nSPS) is 15.6. The van der Waals surface area contributed by atoms with Gasteiger partial charge in [0, 0.05) is 24.5 Å². The average Bonchev–Trinajstić information content (AvgIpc) is 2.54. The Balaban J connectivity index is 1.89. The van der Waals surface area contributed by atoms with Crippen molar-refractivity contribution in [2.75, 3.05) is 19.0 Å². The van der Waals surface area contributed by atoms with Crippen molar-refractivity contribution in [3.05, 3.63) is 35.7 Å². The van der Waals surface area contributed by atoms with Crippen LogP contribution in [0.2, 0.25) is 0 Å². The Morgan fingerprint density at radius 1 is 1.35 bits per heavy atom. The summed E-state index contributed by atoms with van der Waals surface area (Å²) in [6, 6.07) is 4.43. The van der Waals surface area contributed by atoms with Gasteiger partial charge in [-0.15, -0.1) is 11.6 Å². The SMILES string of the molecule is NC(=O)c1cc(O)ccc1C[CH]C(=O)N1CCC(CCCl)CC1. The van der Waals surface area contributed by atoms with Crippen LogP contribution in [0.25, 0.3) is 0 Å². The molecule has 2 amide bonds. The minimum absolute atomic E-state index is 0.0183. The van der Waals surface area contributed by atoms with E-state index in [9.17, 15) is 14.7 Å². The smallest absolute Gasteiger partial charge is 0.249 e. The fourth-order valence-electron chi connectivity index (χ4n) is 2.89. The van der Waals surface area contributed by atoms with E-state index in [1.54, 1.807) is 12.5 Å². The van der Waals surface area contributed by atoms with Gasteiger partial charge in [0.05, 0.1) is 6.42 Å². The molecule has 1 radical (unpaired) electrons. The van der Waals surface area contributed by atoms with E-state index in [2.05, 4.69) is 0 Å². The number of primary amides is 1. The molecule has 0 aromatic heterocycles. The van der Waals surface area contributed by atoms with Gasteiger partial charge in [0.1, 0.15) is 5.75 Å². The van der Waals surface area contributed by atoms with Crippen molar-refractivity contribution < 1.29 is 14.7 Å². The van der Waals surface area contributed by atoms with Crippen LogP contribution >= 0.6 is 11.6 Å². The molecule has 1 aliphatic rings. The number of alkyl halides is 1. The highest BCUT2D eigenvalue weighted by Gasteiger charge is 2.22. The molecule has 1 aromatic rings. The molecular weight excluding hydrogens is 316 g/mol. The van der Waals surface area contributed by atoms with Gasteiger partial charge in [-0.2, -0.15) is 0 Å². The van der Waals surface area contributed by atoms with E-state index in [-0.39, 0.29) is 17.2 Å². The second-order valence-corrected chi connectivity index (χ2v) is 6.24. The van der Waals surface area contributed by atoms with Crippen molar-refractivity contribution in [1.29, 1.82) is 0 Å². The second kappa shape index (κ2) is 8.20. The molecule has 1 heterocycles. The third kappa shape index (κ3) is 4.86. The quantitative estimate of drug-likeness (QED) is 0.780. The van der Waals surface area contributed by atoms with Crippen LogP contribution in [0.1, 0.15) is 35.2 Å². The van der Waals surface area contributed by atoms with Crippen LogP contribution in [-0.4, -0.2) is 40.8 Å². The summed E-state index contributed by atoms with van der Waals surface area (Å²) in [7, 11) is 0. The van der Waals surface area contributed by atoms with Crippen LogP contribution in [0.5, 0.6) is 5.75 Å².